The summed E-state index contributed by atoms with van der Waals surface area (Å²) in [4.78, 5) is 21.7. The van der Waals surface area contributed by atoms with Crippen LogP contribution in [-0.4, -0.2) is 30.1 Å². The molecule has 0 spiro atoms. The quantitative estimate of drug-likeness (QED) is 0.447. The van der Waals surface area contributed by atoms with Crippen LogP contribution >= 0.6 is 0 Å². The molecule has 0 aromatic heterocycles. The lowest BCUT2D eigenvalue weighted by atomic mass is 10.1. The molecule has 4 N–H and O–H groups in total. The average molecular weight is 272 g/mol. The second kappa shape index (κ2) is 13.3. The highest BCUT2D eigenvalue weighted by Crippen LogP contribution is 2.03. The van der Waals surface area contributed by atoms with Crippen LogP contribution in [0.4, 0.5) is 0 Å². The Hall–Kier alpha value is -1.10. The zero-order chi connectivity index (χ0) is 14.3. The van der Waals surface area contributed by atoms with E-state index in [4.69, 9.17) is 10.8 Å². The smallest absolute Gasteiger partial charge is 0.303 e. The van der Waals surface area contributed by atoms with E-state index < -0.39 is 5.97 Å². The Morgan fingerprint density at radius 2 is 1.42 bits per heavy atom. The molecule has 0 aliphatic heterocycles. The Morgan fingerprint density at radius 3 is 2.05 bits per heavy atom. The van der Waals surface area contributed by atoms with Crippen LogP contribution in [0.2, 0.25) is 0 Å². The van der Waals surface area contributed by atoms with Crippen LogP contribution in [-0.2, 0) is 9.59 Å². The predicted molar refractivity (Wildman–Crippen MR) is 75.9 cm³/mol. The number of aliphatic carboxylic acids is 1. The minimum atomic E-state index is -0.733. The van der Waals surface area contributed by atoms with Crippen LogP contribution in [0.15, 0.2) is 0 Å². The number of unbranched alkanes of at least 4 members (excludes halogenated alkanes) is 6. The maximum absolute atomic E-state index is 11.4. The lowest BCUT2D eigenvalue weighted by molar-refractivity contribution is -0.137. The molecule has 0 aromatic rings. The van der Waals surface area contributed by atoms with Crippen LogP contribution in [0, 0.1) is 0 Å². The molecule has 0 saturated heterocycles. The highest BCUT2D eigenvalue weighted by molar-refractivity contribution is 5.75. The summed E-state index contributed by atoms with van der Waals surface area (Å²) in [5.41, 5.74) is 5.39. The van der Waals surface area contributed by atoms with Crippen molar-refractivity contribution >= 4 is 11.9 Å². The number of nitrogens with two attached hydrogens (primary N) is 1. The van der Waals surface area contributed by atoms with Gasteiger partial charge in [0.05, 0.1) is 0 Å². The number of rotatable bonds is 13. The first-order chi connectivity index (χ1) is 9.16. The summed E-state index contributed by atoms with van der Waals surface area (Å²) in [7, 11) is 0. The van der Waals surface area contributed by atoms with Crippen molar-refractivity contribution < 1.29 is 14.7 Å². The van der Waals surface area contributed by atoms with Crippen LogP contribution in [0.3, 0.4) is 0 Å². The van der Waals surface area contributed by atoms with Crippen LogP contribution in [0.25, 0.3) is 0 Å². The minimum Gasteiger partial charge on any atom is -0.481 e. The van der Waals surface area contributed by atoms with Crippen molar-refractivity contribution in [2.24, 2.45) is 5.73 Å². The van der Waals surface area contributed by atoms with Gasteiger partial charge >= 0.3 is 5.97 Å². The largest absolute Gasteiger partial charge is 0.481 e. The monoisotopic (exact) mass is 272 g/mol. The summed E-state index contributed by atoms with van der Waals surface area (Å²) in [5, 5.41) is 11.4. The van der Waals surface area contributed by atoms with Crippen molar-refractivity contribution in [3.8, 4) is 0 Å². The lowest BCUT2D eigenvalue weighted by Gasteiger charge is -2.05. The molecule has 0 aliphatic carbocycles. The molecule has 1 amide bonds. The normalized spacial score (nSPS) is 10.4. The fourth-order valence-corrected chi connectivity index (χ4v) is 1.85. The van der Waals surface area contributed by atoms with E-state index in [0.29, 0.717) is 13.0 Å². The third-order valence-electron chi connectivity index (χ3n) is 3.00. The molecule has 0 radical (unpaired) electrons. The number of carboxylic acid groups (broad SMARTS) is 1. The highest BCUT2D eigenvalue weighted by Gasteiger charge is 2.00. The first-order valence-electron chi connectivity index (χ1n) is 7.35. The van der Waals surface area contributed by atoms with Gasteiger partial charge in [0.1, 0.15) is 0 Å². The predicted octanol–water partition coefficient (Wildman–Crippen LogP) is 2.05. The van der Waals surface area contributed by atoms with E-state index in [1.165, 1.54) is 0 Å². The maximum Gasteiger partial charge on any atom is 0.303 e. The highest BCUT2D eigenvalue weighted by atomic mass is 16.4. The van der Waals surface area contributed by atoms with Crippen molar-refractivity contribution in [2.75, 3.05) is 13.1 Å². The number of amides is 1. The summed E-state index contributed by atoms with van der Waals surface area (Å²) in [6, 6.07) is 0. The van der Waals surface area contributed by atoms with Gasteiger partial charge in [0.15, 0.2) is 0 Å². The van der Waals surface area contributed by atoms with Gasteiger partial charge < -0.3 is 16.2 Å². The number of hydrogen-bond donors (Lipinski definition) is 3. The Balaban J connectivity index is 3.18. The van der Waals surface area contributed by atoms with Gasteiger partial charge in [0.2, 0.25) is 5.91 Å². The molecule has 19 heavy (non-hydrogen) atoms. The van der Waals surface area contributed by atoms with Gasteiger partial charge in [-0.2, -0.15) is 0 Å². The van der Waals surface area contributed by atoms with E-state index >= 15 is 0 Å². The lowest BCUT2D eigenvalue weighted by Crippen LogP contribution is -2.23. The first kappa shape index (κ1) is 17.9. The van der Waals surface area contributed by atoms with E-state index in [0.717, 1.165) is 57.9 Å². The number of carbonyl (C=O) groups is 2. The topological polar surface area (TPSA) is 92.4 Å². The van der Waals surface area contributed by atoms with Crippen molar-refractivity contribution in [1.82, 2.24) is 5.32 Å². The molecular formula is C14H28N2O3. The summed E-state index contributed by atoms with van der Waals surface area (Å²) < 4.78 is 0. The number of nitrogens with one attached hydrogen (secondary N) is 1. The molecule has 0 saturated carbocycles. The summed E-state index contributed by atoms with van der Waals surface area (Å²) in [5.74, 6) is -0.610. The van der Waals surface area contributed by atoms with Crippen LogP contribution < -0.4 is 11.1 Å². The van der Waals surface area contributed by atoms with Crippen molar-refractivity contribution in [3.05, 3.63) is 0 Å². The Morgan fingerprint density at radius 1 is 0.842 bits per heavy atom. The Bertz CT molecular complexity index is 245. The Kier molecular flexibility index (Phi) is 12.6. The van der Waals surface area contributed by atoms with Gasteiger partial charge in [0.25, 0.3) is 0 Å². The van der Waals surface area contributed by atoms with Crippen molar-refractivity contribution in [1.29, 1.82) is 0 Å². The van der Waals surface area contributed by atoms with Gasteiger partial charge in [-0.15, -0.1) is 0 Å². The zero-order valence-corrected chi connectivity index (χ0v) is 11.8. The summed E-state index contributed by atoms with van der Waals surface area (Å²) in [6.45, 7) is 1.43. The van der Waals surface area contributed by atoms with E-state index in [2.05, 4.69) is 5.32 Å². The summed E-state index contributed by atoms with van der Waals surface area (Å²) in [6.07, 6.45) is 8.54. The van der Waals surface area contributed by atoms with Gasteiger partial charge in [-0.25, -0.2) is 0 Å². The van der Waals surface area contributed by atoms with E-state index in [1.54, 1.807) is 0 Å². The van der Waals surface area contributed by atoms with Crippen LogP contribution in [0.1, 0.15) is 64.2 Å². The maximum atomic E-state index is 11.4. The van der Waals surface area contributed by atoms with E-state index in [1.807, 2.05) is 0 Å². The molecule has 0 aliphatic rings. The average Bonchev–Trinajstić information content (AvgIpc) is 2.37. The molecule has 5 heteroatoms. The second-order valence-corrected chi connectivity index (χ2v) is 4.86. The van der Waals surface area contributed by atoms with Crippen LogP contribution in [0.5, 0.6) is 0 Å². The molecule has 0 atom stereocenters. The van der Waals surface area contributed by atoms with Gasteiger partial charge in [-0.3, -0.25) is 9.59 Å². The third-order valence-corrected chi connectivity index (χ3v) is 3.00. The number of carboxylic acids is 1. The Labute approximate surface area is 115 Å². The number of hydrogen-bond acceptors (Lipinski definition) is 3. The molecule has 5 nitrogen and oxygen atoms in total. The SMILES string of the molecule is NCCCCCCC(=O)NCCCCCCC(=O)O. The fraction of sp³-hybridized carbons (Fsp3) is 0.857. The standard InChI is InChI=1S/C14H28N2O3/c15-11-7-3-1-5-9-13(17)16-12-8-4-2-6-10-14(18)19/h1-12,15H2,(H,16,17)(H,18,19). The first-order valence-corrected chi connectivity index (χ1v) is 7.35. The van der Waals surface area contributed by atoms with Crippen molar-refractivity contribution in [2.45, 2.75) is 64.2 Å². The molecule has 0 bridgehead atoms. The van der Waals surface area contributed by atoms with Gasteiger partial charge in [-0.1, -0.05) is 25.7 Å². The fourth-order valence-electron chi connectivity index (χ4n) is 1.85. The van der Waals surface area contributed by atoms with E-state index in [-0.39, 0.29) is 12.3 Å². The molecule has 0 rings (SSSR count). The van der Waals surface area contributed by atoms with Gasteiger partial charge in [-0.05, 0) is 32.2 Å². The molecule has 0 aromatic carbocycles. The molecular weight excluding hydrogens is 244 g/mol. The van der Waals surface area contributed by atoms with Crippen molar-refractivity contribution in [3.63, 3.8) is 0 Å². The third kappa shape index (κ3) is 14.8. The van der Waals surface area contributed by atoms with E-state index in [9.17, 15) is 9.59 Å². The summed E-state index contributed by atoms with van der Waals surface area (Å²) >= 11 is 0. The molecule has 0 unspecified atom stereocenters. The van der Waals surface area contributed by atoms with Gasteiger partial charge in [0, 0.05) is 19.4 Å². The molecule has 0 fully saturated rings. The minimum absolute atomic E-state index is 0.123. The second-order valence-electron chi connectivity index (χ2n) is 4.86. The number of carbonyl (C=O) groups excluding carboxylic acids is 1. The zero-order valence-electron chi connectivity index (χ0n) is 11.8. The molecule has 0 heterocycles. The molecule has 112 valence electrons.